The number of halogens is 1. The molecule has 0 saturated heterocycles. The van der Waals surface area contributed by atoms with Gasteiger partial charge in [-0.15, -0.1) is 0 Å². The van der Waals surface area contributed by atoms with Gasteiger partial charge in [0.2, 0.25) is 0 Å². The normalized spacial score (nSPS) is 11.9. The summed E-state index contributed by atoms with van der Waals surface area (Å²) in [6.45, 7) is 0. The van der Waals surface area contributed by atoms with Crippen molar-refractivity contribution in [1.82, 2.24) is 0 Å². The van der Waals surface area contributed by atoms with Crippen LogP contribution in [0.5, 0.6) is 17.2 Å². The van der Waals surface area contributed by atoms with Crippen LogP contribution in [-0.2, 0) is 0 Å². The number of benzene rings is 2. The number of aliphatic hydroxyl groups excluding tert-OH is 1. The summed E-state index contributed by atoms with van der Waals surface area (Å²) in [5, 5.41) is 11.0. The van der Waals surface area contributed by atoms with E-state index in [-0.39, 0.29) is 0 Å². The topological polar surface area (TPSA) is 47.9 Å². The molecule has 0 bridgehead atoms. The Bertz CT molecular complexity index is 628. The van der Waals surface area contributed by atoms with Crippen molar-refractivity contribution >= 4 is 11.6 Å². The maximum Gasteiger partial charge on any atom is 0.137 e. The summed E-state index contributed by atoms with van der Waals surface area (Å²) >= 11 is 6.10. The van der Waals surface area contributed by atoms with Gasteiger partial charge in [0.1, 0.15) is 23.4 Å². The van der Waals surface area contributed by atoms with Crippen molar-refractivity contribution in [1.29, 1.82) is 0 Å². The van der Waals surface area contributed by atoms with Crippen molar-refractivity contribution in [3.05, 3.63) is 52.5 Å². The molecular weight excluding hydrogens is 292 g/mol. The fraction of sp³-hybridized carbons (Fsp3) is 0.250. The van der Waals surface area contributed by atoms with Crippen molar-refractivity contribution in [2.45, 2.75) is 6.10 Å². The van der Waals surface area contributed by atoms with Gasteiger partial charge in [-0.25, -0.2) is 0 Å². The largest absolute Gasteiger partial charge is 0.497 e. The minimum Gasteiger partial charge on any atom is -0.497 e. The molecule has 0 aliphatic heterocycles. The average Bonchev–Trinajstić information content (AvgIpc) is 2.53. The molecule has 0 radical (unpaired) electrons. The molecule has 0 aromatic heterocycles. The molecule has 0 saturated carbocycles. The number of aliphatic hydroxyl groups is 1. The van der Waals surface area contributed by atoms with E-state index in [1.54, 1.807) is 57.7 Å². The Hall–Kier alpha value is -1.91. The lowest BCUT2D eigenvalue weighted by molar-refractivity contribution is 0.214. The fourth-order valence-electron chi connectivity index (χ4n) is 2.09. The summed E-state index contributed by atoms with van der Waals surface area (Å²) in [7, 11) is 4.67. The highest BCUT2D eigenvalue weighted by Crippen LogP contribution is 2.35. The third kappa shape index (κ3) is 3.23. The minimum absolute atomic E-state index is 0.441. The van der Waals surface area contributed by atoms with Gasteiger partial charge in [0.15, 0.2) is 0 Å². The van der Waals surface area contributed by atoms with Crippen LogP contribution in [0.3, 0.4) is 0 Å². The van der Waals surface area contributed by atoms with Gasteiger partial charge in [0.05, 0.1) is 26.4 Å². The molecule has 4 nitrogen and oxygen atoms in total. The SMILES string of the molecule is COc1ccc(OC)c(C(O)c2ccc(OC)c(Cl)c2)c1. The second kappa shape index (κ2) is 6.70. The standard InChI is InChI=1S/C16H17ClO4/c1-19-11-5-7-14(20-2)12(9-11)16(18)10-4-6-15(21-3)13(17)8-10/h4-9,16,18H,1-3H3. The Morgan fingerprint density at radius 1 is 0.905 bits per heavy atom. The third-order valence-electron chi connectivity index (χ3n) is 3.22. The molecule has 2 rings (SSSR count). The van der Waals surface area contributed by atoms with E-state index in [4.69, 9.17) is 25.8 Å². The van der Waals surface area contributed by atoms with E-state index >= 15 is 0 Å². The summed E-state index contributed by atoms with van der Waals surface area (Å²) in [6.07, 6.45) is -0.876. The van der Waals surface area contributed by atoms with Crippen LogP contribution in [0.25, 0.3) is 0 Å². The summed E-state index contributed by atoms with van der Waals surface area (Å²) in [4.78, 5) is 0. The molecule has 0 amide bonds. The maximum absolute atomic E-state index is 10.6. The van der Waals surface area contributed by atoms with E-state index in [1.165, 1.54) is 0 Å². The molecule has 0 aliphatic rings. The van der Waals surface area contributed by atoms with Crippen LogP contribution in [0.2, 0.25) is 5.02 Å². The van der Waals surface area contributed by atoms with Crippen LogP contribution in [0.4, 0.5) is 0 Å². The zero-order valence-corrected chi connectivity index (χ0v) is 12.8. The first-order chi connectivity index (χ1) is 10.1. The molecular formula is C16H17ClO4. The van der Waals surface area contributed by atoms with E-state index < -0.39 is 6.10 Å². The molecule has 0 fully saturated rings. The number of methoxy groups -OCH3 is 3. The zero-order chi connectivity index (χ0) is 15.4. The molecule has 112 valence electrons. The van der Waals surface area contributed by atoms with Crippen LogP contribution in [0.1, 0.15) is 17.2 Å². The number of ether oxygens (including phenoxy) is 3. The fourth-order valence-corrected chi connectivity index (χ4v) is 2.35. The Labute approximate surface area is 128 Å². The minimum atomic E-state index is -0.876. The van der Waals surface area contributed by atoms with Crippen LogP contribution >= 0.6 is 11.6 Å². The summed E-state index contributed by atoms with van der Waals surface area (Å²) in [6, 6.07) is 10.4. The van der Waals surface area contributed by atoms with E-state index in [0.29, 0.717) is 33.4 Å². The number of hydrogen-bond donors (Lipinski definition) is 1. The van der Waals surface area contributed by atoms with Crippen molar-refractivity contribution in [2.75, 3.05) is 21.3 Å². The van der Waals surface area contributed by atoms with Gasteiger partial charge >= 0.3 is 0 Å². The molecule has 2 aromatic rings. The molecule has 0 spiro atoms. The van der Waals surface area contributed by atoms with Crippen molar-refractivity contribution in [3.63, 3.8) is 0 Å². The first-order valence-electron chi connectivity index (χ1n) is 6.34. The predicted molar refractivity (Wildman–Crippen MR) is 81.6 cm³/mol. The average molecular weight is 309 g/mol. The van der Waals surface area contributed by atoms with E-state index in [2.05, 4.69) is 0 Å². The first-order valence-corrected chi connectivity index (χ1v) is 6.72. The van der Waals surface area contributed by atoms with E-state index in [0.717, 1.165) is 0 Å². The highest BCUT2D eigenvalue weighted by atomic mass is 35.5. The Morgan fingerprint density at radius 3 is 2.14 bits per heavy atom. The molecule has 1 N–H and O–H groups in total. The highest BCUT2D eigenvalue weighted by Gasteiger charge is 2.17. The predicted octanol–water partition coefficient (Wildman–Crippen LogP) is 3.45. The highest BCUT2D eigenvalue weighted by molar-refractivity contribution is 6.32. The number of hydrogen-bond acceptors (Lipinski definition) is 4. The Morgan fingerprint density at radius 2 is 1.57 bits per heavy atom. The second-order valence-electron chi connectivity index (χ2n) is 4.40. The zero-order valence-electron chi connectivity index (χ0n) is 12.1. The summed E-state index contributed by atoms with van der Waals surface area (Å²) < 4.78 is 15.6. The van der Waals surface area contributed by atoms with E-state index in [1.807, 2.05) is 0 Å². The first kappa shape index (κ1) is 15.5. The molecule has 0 heterocycles. The monoisotopic (exact) mass is 308 g/mol. The van der Waals surface area contributed by atoms with Gasteiger partial charge in [-0.3, -0.25) is 0 Å². The molecule has 1 atom stereocenters. The lowest BCUT2D eigenvalue weighted by atomic mass is 10.00. The van der Waals surface area contributed by atoms with Gasteiger partial charge in [0, 0.05) is 5.56 Å². The van der Waals surface area contributed by atoms with Crippen molar-refractivity contribution in [3.8, 4) is 17.2 Å². The van der Waals surface area contributed by atoms with Crippen LogP contribution < -0.4 is 14.2 Å². The van der Waals surface area contributed by atoms with Crippen LogP contribution in [0.15, 0.2) is 36.4 Å². The van der Waals surface area contributed by atoms with Gasteiger partial charge in [-0.05, 0) is 35.9 Å². The van der Waals surface area contributed by atoms with Gasteiger partial charge in [0.25, 0.3) is 0 Å². The maximum atomic E-state index is 10.6. The lowest BCUT2D eigenvalue weighted by Gasteiger charge is -2.17. The summed E-state index contributed by atoms with van der Waals surface area (Å²) in [5.41, 5.74) is 1.26. The van der Waals surface area contributed by atoms with Gasteiger partial charge < -0.3 is 19.3 Å². The lowest BCUT2D eigenvalue weighted by Crippen LogP contribution is -2.03. The molecule has 1 unspecified atom stereocenters. The third-order valence-corrected chi connectivity index (χ3v) is 3.52. The second-order valence-corrected chi connectivity index (χ2v) is 4.81. The molecule has 0 aliphatic carbocycles. The van der Waals surface area contributed by atoms with E-state index in [9.17, 15) is 5.11 Å². The Balaban J connectivity index is 2.43. The molecule has 2 aromatic carbocycles. The van der Waals surface area contributed by atoms with Crippen LogP contribution in [-0.4, -0.2) is 26.4 Å². The molecule has 5 heteroatoms. The van der Waals surface area contributed by atoms with Crippen molar-refractivity contribution < 1.29 is 19.3 Å². The quantitative estimate of drug-likeness (QED) is 0.919. The van der Waals surface area contributed by atoms with Crippen LogP contribution in [0, 0.1) is 0 Å². The van der Waals surface area contributed by atoms with Gasteiger partial charge in [-0.1, -0.05) is 17.7 Å². The number of rotatable bonds is 5. The van der Waals surface area contributed by atoms with Crippen molar-refractivity contribution in [2.24, 2.45) is 0 Å². The molecule has 21 heavy (non-hydrogen) atoms. The Kier molecular flexibility index (Phi) is 4.94. The summed E-state index contributed by atoms with van der Waals surface area (Å²) in [5.74, 6) is 1.78. The smallest absolute Gasteiger partial charge is 0.137 e. The van der Waals surface area contributed by atoms with Gasteiger partial charge in [-0.2, -0.15) is 0 Å².